The highest BCUT2D eigenvalue weighted by Crippen LogP contribution is 2.25. The van der Waals surface area contributed by atoms with E-state index in [1.165, 1.54) is 6.42 Å². The number of anilines is 1. The lowest BCUT2D eigenvalue weighted by Crippen LogP contribution is -2.38. The van der Waals surface area contributed by atoms with Crippen molar-refractivity contribution in [1.29, 1.82) is 0 Å². The van der Waals surface area contributed by atoms with Crippen molar-refractivity contribution in [3.8, 4) is 0 Å². The maximum absolute atomic E-state index is 12.2. The summed E-state index contributed by atoms with van der Waals surface area (Å²) >= 11 is 0. The van der Waals surface area contributed by atoms with Crippen LogP contribution in [0.25, 0.3) is 0 Å². The van der Waals surface area contributed by atoms with Gasteiger partial charge in [0, 0.05) is 6.04 Å². The zero-order chi connectivity index (χ0) is 13.2. The first-order chi connectivity index (χ1) is 8.49. The minimum Gasteiger partial charge on any atom is -0.398 e. The van der Waals surface area contributed by atoms with E-state index < -0.39 is 10.0 Å². The molecule has 2 atom stereocenters. The van der Waals surface area contributed by atoms with Crippen LogP contribution in [0.3, 0.4) is 0 Å². The number of nitrogen functional groups attached to an aromatic ring is 1. The molecule has 0 aliphatic heterocycles. The van der Waals surface area contributed by atoms with Crippen molar-refractivity contribution in [3.63, 3.8) is 0 Å². The highest BCUT2D eigenvalue weighted by atomic mass is 32.2. The summed E-state index contributed by atoms with van der Waals surface area (Å²) in [5.74, 6) is 0.583. The Morgan fingerprint density at radius 1 is 1.28 bits per heavy atom. The van der Waals surface area contributed by atoms with Crippen LogP contribution in [0, 0.1) is 5.92 Å². The van der Waals surface area contributed by atoms with Crippen LogP contribution in [0.5, 0.6) is 0 Å². The smallest absolute Gasteiger partial charge is 0.242 e. The van der Waals surface area contributed by atoms with E-state index in [0.29, 0.717) is 11.6 Å². The van der Waals surface area contributed by atoms with Crippen LogP contribution in [0.15, 0.2) is 29.2 Å². The monoisotopic (exact) mass is 268 g/mol. The summed E-state index contributed by atoms with van der Waals surface area (Å²) in [6, 6.07) is 6.62. The van der Waals surface area contributed by atoms with Gasteiger partial charge in [0.1, 0.15) is 4.90 Å². The predicted molar refractivity (Wildman–Crippen MR) is 72.6 cm³/mol. The first kappa shape index (κ1) is 13.4. The van der Waals surface area contributed by atoms with Gasteiger partial charge in [-0.3, -0.25) is 0 Å². The van der Waals surface area contributed by atoms with Gasteiger partial charge < -0.3 is 5.73 Å². The van der Waals surface area contributed by atoms with Crippen LogP contribution >= 0.6 is 0 Å². The molecule has 2 rings (SSSR count). The van der Waals surface area contributed by atoms with E-state index >= 15 is 0 Å². The zero-order valence-electron chi connectivity index (χ0n) is 10.6. The van der Waals surface area contributed by atoms with Crippen molar-refractivity contribution < 1.29 is 8.42 Å². The van der Waals surface area contributed by atoms with Crippen molar-refractivity contribution in [2.45, 2.75) is 43.5 Å². The Labute approximate surface area is 109 Å². The molecule has 1 aromatic rings. The number of hydrogen-bond donors (Lipinski definition) is 2. The van der Waals surface area contributed by atoms with Gasteiger partial charge in [0.25, 0.3) is 0 Å². The van der Waals surface area contributed by atoms with Crippen LogP contribution in [0.1, 0.15) is 32.6 Å². The van der Waals surface area contributed by atoms with Gasteiger partial charge in [-0.2, -0.15) is 0 Å². The second kappa shape index (κ2) is 5.28. The third-order valence-corrected chi connectivity index (χ3v) is 5.06. The Morgan fingerprint density at radius 3 is 2.67 bits per heavy atom. The van der Waals surface area contributed by atoms with Gasteiger partial charge in [-0.1, -0.05) is 31.9 Å². The standard InChI is InChI=1S/C13H20N2O2S/c1-10-5-4-6-11(9-10)15-18(16,17)13-8-3-2-7-12(13)14/h2-3,7-8,10-11,15H,4-6,9,14H2,1H3/t10-,11-/m1/s1. The first-order valence-electron chi connectivity index (χ1n) is 6.36. The number of sulfonamides is 1. The zero-order valence-corrected chi connectivity index (χ0v) is 11.4. The molecule has 0 amide bonds. The fourth-order valence-corrected chi connectivity index (χ4v) is 3.97. The highest BCUT2D eigenvalue weighted by molar-refractivity contribution is 7.89. The Kier molecular flexibility index (Phi) is 3.92. The molecule has 0 heterocycles. The van der Waals surface area contributed by atoms with Crippen LogP contribution in [0.2, 0.25) is 0 Å². The Hall–Kier alpha value is -1.07. The molecule has 0 bridgehead atoms. The Morgan fingerprint density at radius 2 is 2.00 bits per heavy atom. The average molecular weight is 268 g/mol. The molecule has 5 heteroatoms. The number of nitrogens with one attached hydrogen (secondary N) is 1. The normalized spacial score (nSPS) is 24.9. The van der Waals surface area contributed by atoms with Crippen molar-refractivity contribution >= 4 is 15.7 Å². The minimum atomic E-state index is -3.49. The molecule has 4 nitrogen and oxygen atoms in total. The van der Waals surface area contributed by atoms with Crippen molar-refractivity contribution in [2.75, 3.05) is 5.73 Å². The molecular formula is C13H20N2O2S. The van der Waals surface area contributed by atoms with E-state index in [4.69, 9.17) is 5.73 Å². The summed E-state index contributed by atoms with van der Waals surface area (Å²) < 4.78 is 27.2. The van der Waals surface area contributed by atoms with Crippen molar-refractivity contribution in [3.05, 3.63) is 24.3 Å². The predicted octanol–water partition coefficient (Wildman–Crippen LogP) is 2.13. The van der Waals surface area contributed by atoms with Gasteiger partial charge >= 0.3 is 0 Å². The van der Waals surface area contributed by atoms with E-state index in [-0.39, 0.29) is 10.9 Å². The van der Waals surface area contributed by atoms with Crippen LogP contribution in [-0.2, 0) is 10.0 Å². The Balaban J connectivity index is 2.15. The molecule has 0 radical (unpaired) electrons. The molecule has 0 unspecified atom stereocenters. The SMILES string of the molecule is C[C@@H]1CCC[C@@H](NS(=O)(=O)c2ccccc2N)C1. The lowest BCUT2D eigenvalue weighted by molar-refractivity contribution is 0.327. The summed E-state index contributed by atoms with van der Waals surface area (Å²) in [4.78, 5) is 0.184. The Bertz CT molecular complexity index is 513. The number of nitrogens with two attached hydrogens (primary N) is 1. The molecule has 1 aromatic carbocycles. The molecule has 3 N–H and O–H groups in total. The third-order valence-electron chi connectivity index (χ3n) is 3.47. The number of hydrogen-bond acceptors (Lipinski definition) is 3. The van der Waals surface area contributed by atoms with Crippen LogP contribution < -0.4 is 10.5 Å². The lowest BCUT2D eigenvalue weighted by Gasteiger charge is -2.27. The molecule has 1 aliphatic carbocycles. The van der Waals surface area contributed by atoms with E-state index in [1.807, 2.05) is 0 Å². The lowest BCUT2D eigenvalue weighted by atomic mass is 9.88. The van der Waals surface area contributed by atoms with Gasteiger partial charge in [-0.15, -0.1) is 0 Å². The highest BCUT2D eigenvalue weighted by Gasteiger charge is 2.25. The quantitative estimate of drug-likeness (QED) is 0.825. The second-order valence-corrected chi connectivity index (χ2v) is 6.81. The molecular weight excluding hydrogens is 248 g/mol. The van der Waals surface area contributed by atoms with Gasteiger partial charge in [0.2, 0.25) is 10.0 Å². The van der Waals surface area contributed by atoms with Crippen LogP contribution in [0.4, 0.5) is 5.69 Å². The molecule has 1 fully saturated rings. The second-order valence-electron chi connectivity index (χ2n) is 5.13. The fourth-order valence-electron chi connectivity index (χ4n) is 2.55. The minimum absolute atomic E-state index is 0.0401. The molecule has 1 aliphatic rings. The molecule has 1 saturated carbocycles. The summed E-state index contributed by atoms with van der Waals surface area (Å²) in [7, 11) is -3.49. The maximum Gasteiger partial charge on any atom is 0.242 e. The maximum atomic E-state index is 12.2. The van der Waals surface area contributed by atoms with E-state index in [2.05, 4.69) is 11.6 Å². The topological polar surface area (TPSA) is 72.2 Å². The molecule has 0 aromatic heterocycles. The number of benzene rings is 1. The van der Waals surface area contributed by atoms with Crippen molar-refractivity contribution in [2.24, 2.45) is 5.92 Å². The van der Waals surface area contributed by atoms with Gasteiger partial charge in [-0.25, -0.2) is 13.1 Å². The van der Waals surface area contributed by atoms with Gasteiger partial charge in [-0.05, 0) is 30.9 Å². The molecule has 0 spiro atoms. The largest absolute Gasteiger partial charge is 0.398 e. The summed E-state index contributed by atoms with van der Waals surface area (Å²) in [6.45, 7) is 2.16. The first-order valence-corrected chi connectivity index (χ1v) is 7.84. The van der Waals surface area contributed by atoms with Gasteiger partial charge in [0.15, 0.2) is 0 Å². The summed E-state index contributed by atoms with van der Waals surface area (Å²) in [5, 5.41) is 0. The molecule has 18 heavy (non-hydrogen) atoms. The summed E-state index contributed by atoms with van der Waals surface area (Å²) in [5.41, 5.74) is 6.02. The number of rotatable bonds is 3. The third kappa shape index (κ3) is 3.03. The average Bonchev–Trinajstić information content (AvgIpc) is 2.28. The fraction of sp³-hybridized carbons (Fsp3) is 0.538. The molecule has 0 saturated heterocycles. The van der Waals surface area contributed by atoms with E-state index in [1.54, 1.807) is 24.3 Å². The number of para-hydroxylation sites is 1. The van der Waals surface area contributed by atoms with E-state index in [9.17, 15) is 8.42 Å². The van der Waals surface area contributed by atoms with Gasteiger partial charge in [0.05, 0.1) is 5.69 Å². The molecule has 100 valence electrons. The van der Waals surface area contributed by atoms with Crippen LogP contribution in [-0.4, -0.2) is 14.5 Å². The summed E-state index contributed by atoms with van der Waals surface area (Å²) in [6.07, 6.45) is 4.09. The van der Waals surface area contributed by atoms with Crippen molar-refractivity contribution in [1.82, 2.24) is 4.72 Å². The van der Waals surface area contributed by atoms with E-state index in [0.717, 1.165) is 19.3 Å².